The van der Waals surface area contributed by atoms with Crippen LogP contribution in [0, 0.1) is 0 Å². The number of carboxylic acids is 1. The largest absolute Gasteiger partial charge is 0.478 e. The van der Waals surface area contributed by atoms with Crippen molar-refractivity contribution in [1.29, 1.82) is 0 Å². The van der Waals surface area contributed by atoms with Crippen LogP contribution in [0.5, 0.6) is 0 Å². The van der Waals surface area contributed by atoms with E-state index in [9.17, 15) is 18.0 Å². The van der Waals surface area contributed by atoms with Crippen LogP contribution < -0.4 is 0 Å². The van der Waals surface area contributed by atoms with Gasteiger partial charge in [0.25, 0.3) is 0 Å². The predicted octanol–water partition coefficient (Wildman–Crippen LogP) is 1.70. The van der Waals surface area contributed by atoms with Gasteiger partial charge in [0.05, 0.1) is 6.61 Å². The average Bonchev–Trinajstić information content (AvgIpc) is 2.80. The van der Waals surface area contributed by atoms with Gasteiger partial charge in [-0.1, -0.05) is 0 Å². The number of rotatable bonds is 2. The van der Waals surface area contributed by atoms with E-state index in [1.54, 1.807) is 0 Å². The molecule has 1 N–H and O–H groups in total. The van der Waals surface area contributed by atoms with Gasteiger partial charge in [0.2, 0.25) is 0 Å². The minimum atomic E-state index is -4.81. The van der Waals surface area contributed by atoms with E-state index in [4.69, 9.17) is 9.84 Å². The van der Waals surface area contributed by atoms with E-state index >= 15 is 0 Å². The first-order valence-electron chi connectivity index (χ1n) is 5.14. The highest BCUT2D eigenvalue weighted by atomic mass is 19.4. The van der Waals surface area contributed by atoms with Gasteiger partial charge in [-0.25, -0.2) is 14.8 Å². The van der Waals surface area contributed by atoms with Crippen LogP contribution in [0.2, 0.25) is 0 Å². The molecular formula is C10H9F3N2O3. The van der Waals surface area contributed by atoms with Gasteiger partial charge in [-0.2, -0.15) is 13.2 Å². The number of hydrogen-bond donors (Lipinski definition) is 1. The first kappa shape index (κ1) is 12.7. The lowest BCUT2D eigenvalue weighted by Crippen LogP contribution is -2.19. The third kappa shape index (κ3) is 2.42. The highest BCUT2D eigenvalue weighted by molar-refractivity contribution is 5.88. The Bertz CT molecular complexity index is 470. The molecule has 5 nitrogen and oxygen atoms in total. The van der Waals surface area contributed by atoms with Crippen molar-refractivity contribution in [3.05, 3.63) is 23.3 Å². The summed E-state index contributed by atoms with van der Waals surface area (Å²) in [7, 11) is 0. The molecule has 0 aromatic carbocycles. The van der Waals surface area contributed by atoms with Gasteiger partial charge in [0, 0.05) is 18.7 Å². The Morgan fingerprint density at radius 1 is 1.50 bits per heavy atom. The predicted molar refractivity (Wildman–Crippen MR) is 52.2 cm³/mol. The summed E-state index contributed by atoms with van der Waals surface area (Å²) >= 11 is 0. The summed E-state index contributed by atoms with van der Waals surface area (Å²) < 4.78 is 43.1. The van der Waals surface area contributed by atoms with E-state index in [0.29, 0.717) is 19.2 Å². The molecule has 8 heteroatoms. The Kier molecular flexibility index (Phi) is 3.20. The molecule has 1 unspecified atom stereocenters. The normalized spacial score (nSPS) is 20.1. The molecule has 18 heavy (non-hydrogen) atoms. The molecule has 1 aromatic rings. The first-order chi connectivity index (χ1) is 8.39. The number of halogens is 3. The quantitative estimate of drug-likeness (QED) is 0.878. The fourth-order valence-electron chi connectivity index (χ4n) is 1.70. The van der Waals surface area contributed by atoms with Gasteiger partial charge in [-0.05, 0) is 6.42 Å². The Balaban J connectivity index is 2.45. The lowest BCUT2D eigenvalue weighted by Gasteiger charge is -2.12. The second-order valence-corrected chi connectivity index (χ2v) is 3.85. The number of carboxylic acid groups (broad SMARTS) is 1. The molecule has 1 aliphatic rings. The molecule has 1 fully saturated rings. The van der Waals surface area contributed by atoms with Crippen LogP contribution in [0.3, 0.4) is 0 Å². The van der Waals surface area contributed by atoms with Gasteiger partial charge >= 0.3 is 12.1 Å². The summed E-state index contributed by atoms with van der Waals surface area (Å²) in [6.45, 7) is 0.694. The number of nitrogens with zero attached hydrogens (tertiary/aromatic N) is 2. The van der Waals surface area contributed by atoms with E-state index in [-0.39, 0.29) is 18.3 Å². The van der Waals surface area contributed by atoms with Crippen molar-refractivity contribution in [3.8, 4) is 0 Å². The van der Waals surface area contributed by atoms with E-state index in [0.717, 1.165) is 0 Å². The number of ether oxygens (including phenoxy) is 1. The number of aromatic nitrogens is 2. The van der Waals surface area contributed by atoms with Crippen molar-refractivity contribution >= 4 is 5.97 Å². The molecule has 98 valence electrons. The summed E-state index contributed by atoms with van der Waals surface area (Å²) in [4.78, 5) is 17.7. The summed E-state index contributed by atoms with van der Waals surface area (Å²) in [6.07, 6.45) is -3.58. The van der Waals surface area contributed by atoms with Gasteiger partial charge < -0.3 is 9.84 Å². The third-order valence-corrected chi connectivity index (χ3v) is 2.60. The van der Waals surface area contributed by atoms with Crippen molar-refractivity contribution in [2.45, 2.75) is 18.5 Å². The van der Waals surface area contributed by atoms with Crippen LogP contribution in [0.15, 0.2) is 6.20 Å². The van der Waals surface area contributed by atoms with E-state index in [2.05, 4.69) is 9.97 Å². The summed E-state index contributed by atoms with van der Waals surface area (Å²) in [5, 5.41) is 8.68. The molecule has 2 heterocycles. The van der Waals surface area contributed by atoms with Crippen molar-refractivity contribution in [2.24, 2.45) is 0 Å². The van der Waals surface area contributed by atoms with E-state index < -0.39 is 23.4 Å². The van der Waals surface area contributed by atoms with Crippen LogP contribution >= 0.6 is 0 Å². The summed E-state index contributed by atoms with van der Waals surface area (Å²) in [5.74, 6) is -2.03. The molecule has 0 aliphatic carbocycles. The zero-order valence-electron chi connectivity index (χ0n) is 9.07. The molecule has 0 bridgehead atoms. The number of carbonyl (C=O) groups is 1. The number of aromatic carboxylic acids is 1. The zero-order valence-corrected chi connectivity index (χ0v) is 9.07. The SMILES string of the molecule is O=C(O)c1cnc(C2CCOC2)nc1C(F)(F)F. The van der Waals surface area contributed by atoms with Crippen LogP contribution in [-0.2, 0) is 10.9 Å². The lowest BCUT2D eigenvalue weighted by molar-refractivity contribution is -0.142. The smallest absolute Gasteiger partial charge is 0.434 e. The Morgan fingerprint density at radius 3 is 2.72 bits per heavy atom. The van der Waals surface area contributed by atoms with Crippen molar-refractivity contribution in [1.82, 2.24) is 9.97 Å². The molecule has 0 spiro atoms. The summed E-state index contributed by atoms with van der Waals surface area (Å²) in [6, 6.07) is 0. The maximum atomic E-state index is 12.7. The molecule has 0 amide bonds. The van der Waals surface area contributed by atoms with E-state index in [1.165, 1.54) is 0 Å². The van der Waals surface area contributed by atoms with Crippen LogP contribution in [0.1, 0.15) is 34.2 Å². The average molecular weight is 262 g/mol. The molecule has 1 atom stereocenters. The van der Waals surface area contributed by atoms with Crippen molar-refractivity contribution in [2.75, 3.05) is 13.2 Å². The highest BCUT2D eigenvalue weighted by Crippen LogP contribution is 2.32. The van der Waals surface area contributed by atoms with Crippen LogP contribution in [-0.4, -0.2) is 34.3 Å². The van der Waals surface area contributed by atoms with Gasteiger partial charge in [0.1, 0.15) is 11.4 Å². The fraction of sp³-hybridized carbons (Fsp3) is 0.500. The molecule has 1 aliphatic heterocycles. The lowest BCUT2D eigenvalue weighted by atomic mass is 10.1. The van der Waals surface area contributed by atoms with Crippen molar-refractivity contribution < 1.29 is 27.8 Å². The second-order valence-electron chi connectivity index (χ2n) is 3.85. The minimum Gasteiger partial charge on any atom is -0.478 e. The molecule has 1 aromatic heterocycles. The highest BCUT2D eigenvalue weighted by Gasteiger charge is 2.38. The van der Waals surface area contributed by atoms with Crippen molar-refractivity contribution in [3.63, 3.8) is 0 Å². The third-order valence-electron chi connectivity index (χ3n) is 2.60. The molecule has 0 saturated carbocycles. The Labute approximate surface area is 99.6 Å². The maximum Gasteiger partial charge on any atom is 0.434 e. The van der Waals surface area contributed by atoms with Crippen LogP contribution in [0.4, 0.5) is 13.2 Å². The maximum absolute atomic E-state index is 12.7. The van der Waals surface area contributed by atoms with Gasteiger partial charge in [0.15, 0.2) is 5.69 Å². The Hall–Kier alpha value is -1.70. The fourth-order valence-corrected chi connectivity index (χ4v) is 1.70. The Morgan fingerprint density at radius 2 is 2.22 bits per heavy atom. The zero-order chi connectivity index (χ0) is 13.3. The minimum absolute atomic E-state index is 0.0233. The summed E-state index contributed by atoms with van der Waals surface area (Å²) in [5.41, 5.74) is -2.35. The monoisotopic (exact) mass is 262 g/mol. The molecular weight excluding hydrogens is 253 g/mol. The van der Waals surface area contributed by atoms with Crippen LogP contribution in [0.25, 0.3) is 0 Å². The number of alkyl halides is 3. The number of hydrogen-bond acceptors (Lipinski definition) is 4. The molecule has 1 saturated heterocycles. The van der Waals surface area contributed by atoms with E-state index in [1.807, 2.05) is 0 Å². The molecule has 0 radical (unpaired) electrons. The first-order valence-corrected chi connectivity index (χ1v) is 5.14. The topological polar surface area (TPSA) is 72.3 Å². The molecule has 2 rings (SSSR count). The second kappa shape index (κ2) is 4.52. The standard InChI is InChI=1S/C10H9F3N2O3/c11-10(12,13)7-6(9(16)17)3-14-8(15-7)5-1-2-18-4-5/h3,5H,1-2,4H2,(H,16,17). The van der Waals surface area contributed by atoms with Gasteiger partial charge in [-0.15, -0.1) is 0 Å². The van der Waals surface area contributed by atoms with Gasteiger partial charge in [-0.3, -0.25) is 0 Å².